The van der Waals surface area contributed by atoms with E-state index in [0.717, 1.165) is 23.8 Å². The SMILES string of the molecule is CC1(C)OB(c2cccc(C3=C(c4cccc(B5OC(C)(C)C(C)(C)O5)c4)C4(CCCC4)c4ccccc43)c2)OC1(C)C. The molecule has 43 heavy (non-hydrogen) atoms. The normalized spacial score (nSPS) is 24.3. The van der Waals surface area contributed by atoms with Gasteiger partial charge in [-0.25, -0.2) is 0 Å². The fourth-order valence-electron chi connectivity index (χ4n) is 7.49. The van der Waals surface area contributed by atoms with Gasteiger partial charge in [-0.05, 0) is 113 Å². The van der Waals surface area contributed by atoms with Gasteiger partial charge in [0.05, 0.1) is 22.4 Å². The molecule has 3 aromatic rings. The predicted octanol–water partition coefficient (Wildman–Crippen LogP) is 7.07. The first-order valence-electron chi connectivity index (χ1n) is 16.0. The van der Waals surface area contributed by atoms with Gasteiger partial charge in [-0.1, -0.05) is 85.6 Å². The van der Waals surface area contributed by atoms with Crippen molar-refractivity contribution >= 4 is 36.3 Å². The minimum absolute atomic E-state index is 0.0131. The molecule has 1 spiro atoms. The molecule has 6 heteroatoms. The summed E-state index contributed by atoms with van der Waals surface area (Å²) >= 11 is 0. The Morgan fingerprint density at radius 1 is 0.535 bits per heavy atom. The Morgan fingerprint density at radius 3 is 1.53 bits per heavy atom. The predicted molar refractivity (Wildman–Crippen MR) is 177 cm³/mol. The first-order chi connectivity index (χ1) is 20.2. The van der Waals surface area contributed by atoms with E-state index in [1.165, 1.54) is 46.2 Å². The average molecular weight is 574 g/mol. The van der Waals surface area contributed by atoms with Crippen LogP contribution in [0, 0.1) is 0 Å². The molecule has 0 aromatic heterocycles. The largest absolute Gasteiger partial charge is 0.494 e. The van der Waals surface area contributed by atoms with Crippen molar-refractivity contribution in [1.29, 1.82) is 0 Å². The Balaban J connectivity index is 1.39. The molecule has 2 aliphatic heterocycles. The Hall–Kier alpha value is -2.63. The Labute approximate surface area is 258 Å². The maximum absolute atomic E-state index is 6.50. The number of rotatable bonds is 4. The summed E-state index contributed by atoms with van der Waals surface area (Å²) in [5.41, 5.74) is 8.56. The summed E-state index contributed by atoms with van der Waals surface area (Å²) in [4.78, 5) is 0. The highest BCUT2D eigenvalue weighted by molar-refractivity contribution is 6.62. The van der Waals surface area contributed by atoms with Crippen molar-refractivity contribution in [1.82, 2.24) is 0 Å². The van der Waals surface area contributed by atoms with Gasteiger partial charge in [0, 0.05) is 5.41 Å². The van der Waals surface area contributed by atoms with Crippen molar-refractivity contribution < 1.29 is 18.6 Å². The third kappa shape index (κ3) is 4.43. The molecule has 2 aliphatic carbocycles. The van der Waals surface area contributed by atoms with E-state index in [2.05, 4.69) is 128 Å². The Bertz CT molecular complexity index is 1580. The molecule has 4 aliphatic rings. The molecule has 2 heterocycles. The molecule has 3 aromatic carbocycles. The van der Waals surface area contributed by atoms with E-state index in [-0.39, 0.29) is 27.8 Å². The van der Waals surface area contributed by atoms with E-state index >= 15 is 0 Å². The summed E-state index contributed by atoms with van der Waals surface area (Å²) in [5, 5.41) is 0. The Kier molecular flexibility index (Phi) is 6.55. The van der Waals surface area contributed by atoms with Crippen LogP contribution in [-0.4, -0.2) is 36.6 Å². The zero-order valence-electron chi connectivity index (χ0n) is 27.0. The van der Waals surface area contributed by atoms with E-state index in [4.69, 9.17) is 18.6 Å². The number of hydrogen-bond acceptors (Lipinski definition) is 4. The van der Waals surface area contributed by atoms with Crippen LogP contribution in [0.4, 0.5) is 0 Å². The molecule has 2 saturated heterocycles. The quantitative estimate of drug-likeness (QED) is 0.313. The highest BCUT2D eigenvalue weighted by atomic mass is 16.7. The lowest BCUT2D eigenvalue weighted by molar-refractivity contribution is 0.00578. The zero-order chi connectivity index (χ0) is 30.4. The van der Waals surface area contributed by atoms with Gasteiger partial charge < -0.3 is 18.6 Å². The third-order valence-electron chi connectivity index (χ3n) is 11.3. The molecule has 0 radical (unpaired) electrons. The molecule has 0 amide bonds. The van der Waals surface area contributed by atoms with Crippen molar-refractivity contribution in [2.24, 2.45) is 0 Å². The van der Waals surface area contributed by atoms with Gasteiger partial charge in [0.25, 0.3) is 0 Å². The molecular weight excluding hydrogens is 530 g/mol. The smallest absolute Gasteiger partial charge is 0.399 e. The minimum Gasteiger partial charge on any atom is -0.399 e. The van der Waals surface area contributed by atoms with Crippen molar-refractivity contribution in [2.45, 2.75) is 109 Å². The van der Waals surface area contributed by atoms with E-state index in [1.54, 1.807) is 0 Å². The lowest BCUT2D eigenvalue weighted by Gasteiger charge is -2.32. The summed E-state index contributed by atoms with van der Waals surface area (Å²) in [6.45, 7) is 16.9. The van der Waals surface area contributed by atoms with Crippen LogP contribution in [0.2, 0.25) is 0 Å². The molecule has 222 valence electrons. The van der Waals surface area contributed by atoms with E-state index in [9.17, 15) is 0 Å². The highest BCUT2D eigenvalue weighted by Gasteiger charge is 2.53. The van der Waals surface area contributed by atoms with Crippen LogP contribution in [0.5, 0.6) is 0 Å². The fourth-order valence-corrected chi connectivity index (χ4v) is 7.49. The third-order valence-corrected chi connectivity index (χ3v) is 11.3. The standard InChI is InChI=1S/C37H44B2O4/c1-33(2)34(3,4)41-38(40-33)27-17-13-15-25(23-27)31-29-19-9-10-20-30(29)37(21-11-12-22-37)32(31)26-16-14-18-28(24-26)39-42-35(5,6)36(7,8)43-39/h9-10,13-20,23-24H,11-12,21-22H2,1-8H3. The van der Waals surface area contributed by atoms with Crippen molar-refractivity contribution in [3.8, 4) is 0 Å². The summed E-state index contributed by atoms with van der Waals surface area (Å²) in [7, 11) is -0.804. The lowest BCUT2D eigenvalue weighted by atomic mass is 9.71. The van der Waals surface area contributed by atoms with Gasteiger partial charge in [0.2, 0.25) is 0 Å². The molecule has 4 nitrogen and oxygen atoms in total. The van der Waals surface area contributed by atoms with Crippen LogP contribution in [0.1, 0.15) is 103 Å². The van der Waals surface area contributed by atoms with Crippen molar-refractivity contribution in [3.05, 3.63) is 95.1 Å². The molecule has 3 fully saturated rings. The first-order valence-corrected chi connectivity index (χ1v) is 16.0. The summed E-state index contributed by atoms with van der Waals surface area (Å²) in [5.74, 6) is 0. The second-order valence-electron chi connectivity index (χ2n) is 15.0. The zero-order valence-corrected chi connectivity index (χ0v) is 27.0. The highest BCUT2D eigenvalue weighted by Crippen LogP contribution is 2.60. The van der Waals surface area contributed by atoms with E-state index < -0.39 is 14.2 Å². The van der Waals surface area contributed by atoms with Gasteiger partial charge in [0.15, 0.2) is 0 Å². The van der Waals surface area contributed by atoms with Crippen LogP contribution >= 0.6 is 0 Å². The lowest BCUT2D eigenvalue weighted by Crippen LogP contribution is -2.41. The summed E-state index contributed by atoms with van der Waals surface area (Å²) in [6, 6.07) is 26.8. The number of allylic oxidation sites excluding steroid dienone is 1. The topological polar surface area (TPSA) is 36.9 Å². The molecule has 1 saturated carbocycles. The molecular formula is C37H44B2O4. The summed E-state index contributed by atoms with van der Waals surface area (Å²) < 4.78 is 26.0. The Morgan fingerprint density at radius 2 is 1.00 bits per heavy atom. The second-order valence-corrected chi connectivity index (χ2v) is 15.0. The van der Waals surface area contributed by atoms with Crippen LogP contribution in [-0.2, 0) is 24.0 Å². The van der Waals surface area contributed by atoms with Gasteiger partial charge in [0.1, 0.15) is 0 Å². The van der Waals surface area contributed by atoms with Crippen LogP contribution in [0.25, 0.3) is 11.1 Å². The molecule has 0 N–H and O–H groups in total. The van der Waals surface area contributed by atoms with Crippen molar-refractivity contribution in [2.75, 3.05) is 0 Å². The van der Waals surface area contributed by atoms with Gasteiger partial charge in [-0.2, -0.15) is 0 Å². The van der Waals surface area contributed by atoms with Gasteiger partial charge in [-0.15, -0.1) is 0 Å². The van der Waals surface area contributed by atoms with Crippen LogP contribution < -0.4 is 10.9 Å². The average Bonchev–Trinajstić information content (AvgIpc) is 3.66. The second kappa shape index (κ2) is 9.68. The number of benzene rings is 3. The van der Waals surface area contributed by atoms with Gasteiger partial charge in [-0.3, -0.25) is 0 Å². The monoisotopic (exact) mass is 574 g/mol. The summed E-state index contributed by atoms with van der Waals surface area (Å²) in [6.07, 6.45) is 4.77. The first kappa shape index (κ1) is 29.1. The number of hydrogen-bond donors (Lipinski definition) is 0. The van der Waals surface area contributed by atoms with Gasteiger partial charge >= 0.3 is 14.2 Å². The molecule has 7 rings (SSSR count). The van der Waals surface area contributed by atoms with E-state index in [1.807, 2.05) is 0 Å². The maximum atomic E-state index is 6.50. The maximum Gasteiger partial charge on any atom is 0.494 e. The van der Waals surface area contributed by atoms with E-state index in [0.29, 0.717) is 0 Å². The van der Waals surface area contributed by atoms with Crippen LogP contribution in [0.3, 0.4) is 0 Å². The molecule has 0 bridgehead atoms. The molecule has 0 atom stereocenters. The molecule has 0 unspecified atom stereocenters. The number of fused-ring (bicyclic) bond motifs is 2. The minimum atomic E-state index is -0.405. The van der Waals surface area contributed by atoms with Crippen LogP contribution in [0.15, 0.2) is 72.8 Å². The van der Waals surface area contributed by atoms with Crippen molar-refractivity contribution in [3.63, 3.8) is 0 Å². The fraction of sp³-hybridized carbons (Fsp3) is 0.459.